The first kappa shape index (κ1) is 11.6. The Hall–Kier alpha value is -1.49. The summed E-state index contributed by atoms with van der Waals surface area (Å²) in [4.78, 5) is 21.4. The molecule has 0 spiro atoms. The number of aromatic nitrogens is 2. The second kappa shape index (κ2) is 5.41. The molecule has 0 aliphatic heterocycles. The molecule has 0 fully saturated rings. The molecule has 0 N–H and O–H groups in total. The maximum Gasteiger partial charge on any atom is 0.358 e. The SMILES string of the molecule is CCOC(=O)c1cncc(CN(C)C)n1. The molecule has 0 aliphatic rings. The van der Waals surface area contributed by atoms with Gasteiger partial charge in [0, 0.05) is 12.7 Å². The van der Waals surface area contributed by atoms with Crippen LogP contribution in [0.3, 0.4) is 0 Å². The second-order valence-corrected chi connectivity index (χ2v) is 3.35. The van der Waals surface area contributed by atoms with Crippen LogP contribution in [0, 0.1) is 0 Å². The highest BCUT2D eigenvalue weighted by Crippen LogP contribution is 2.00. The molecule has 82 valence electrons. The largest absolute Gasteiger partial charge is 0.461 e. The molecule has 1 heterocycles. The monoisotopic (exact) mass is 209 g/mol. The number of hydrogen-bond donors (Lipinski definition) is 0. The molecule has 5 nitrogen and oxygen atoms in total. The predicted molar refractivity (Wildman–Crippen MR) is 55.4 cm³/mol. The zero-order chi connectivity index (χ0) is 11.3. The molecular weight excluding hydrogens is 194 g/mol. The minimum Gasteiger partial charge on any atom is -0.461 e. The third-order valence-corrected chi connectivity index (χ3v) is 1.65. The van der Waals surface area contributed by atoms with Gasteiger partial charge in [-0.15, -0.1) is 0 Å². The second-order valence-electron chi connectivity index (χ2n) is 3.35. The molecule has 0 aromatic carbocycles. The molecule has 15 heavy (non-hydrogen) atoms. The summed E-state index contributed by atoms with van der Waals surface area (Å²) in [5.41, 5.74) is 1.02. The minimum absolute atomic E-state index is 0.260. The number of esters is 1. The fourth-order valence-electron chi connectivity index (χ4n) is 1.11. The van der Waals surface area contributed by atoms with Crippen molar-refractivity contribution in [3.63, 3.8) is 0 Å². The molecule has 0 saturated heterocycles. The van der Waals surface area contributed by atoms with E-state index in [1.54, 1.807) is 13.1 Å². The highest BCUT2D eigenvalue weighted by molar-refractivity contribution is 5.86. The summed E-state index contributed by atoms with van der Waals surface area (Å²) in [5, 5.41) is 0. The van der Waals surface area contributed by atoms with Gasteiger partial charge in [0.2, 0.25) is 0 Å². The van der Waals surface area contributed by atoms with Crippen LogP contribution < -0.4 is 0 Å². The van der Waals surface area contributed by atoms with E-state index >= 15 is 0 Å². The Morgan fingerprint density at radius 2 is 2.20 bits per heavy atom. The summed E-state index contributed by atoms with van der Waals surface area (Å²) in [6.45, 7) is 2.76. The molecule has 0 amide bonds. The van der Waals surface area contributed by atoms with E-state index in [1.165, 1.54) is 6.20 Å². The lowest BCUT2D eigenvalue weighted by Gasteiger charge is -2.08. The van der Waals surface area contributed by atoms with Crippen LogP contribution in [-0.4, -0.2) is 41.5 Å². The number of ether oxygens (including phenoxy) is 1. The van der Waals surface area contributed by atoms with E-state index in [4.69, 9.17) is 4.74 Å². The van der Waals surface area contributed by atoms with Crippen LogP contribution in [-0.2, 0) is 11.3 Å². The Bertz CT molecular complexity index is 339. The van der Waals surface area contributed by atoms with E-state index in [1.807, 2.05) is 19.0 Å². The Morgan fingerprint density at radius 3 is 2.80 bits per heavy atom. The zero-order valence-electron chi connectivity index (χ0n) is 9.23. The van der Waals surface area contributed by atoms with E-state index in [0.717, 1.165) is 5.69 Å². The third kappa shape index (κ3) is 3.63. The van der Waals surface area contributed by atoms with Crippen molar-refractivity contribution in [2.45, 2.75) is 13.5 Å². The first-order valence-electron chi connectivity index (χ1n) is 4.76. The van der Waals surface area contributed by atoms with Gasteiger partial charge in [0.15, 0.2) is 5.69 Å². The van der Waals surface area contributed by atoms with Crippen molar-refractivity contribution in [3.8, 4) is 0 Å². The van der Waals surface area contributed by atoms with Gasteiger partial charge in [0.25, 0.3) is 0 Å². The van der Waals surface area contributed by atoms with Crippen molar-refractivity contribution in [3.05, 3.63) is 23.8 Å². The fraction of sp³-hybridized carbons (Fsp3) is 0.500. The highest BCUT2D eigenvalue weighted by atomic mass is 16.5. The fourth-order valence-corrected chi connectivity index (χ4v) is 1.11. The van der Waals surface area contributed by atoms with Crippen LogP contribution in [0.5, 0.6) is 0 Å². The molecule has 0 saturated carbocycles. The van der Waals surface area contributed by atoms with Crippen molar-refractivity contribution >= 4 is 5.97 Å². The van der Waals surface area contributed by atoms with Gasteiger partial charge in [-0.1, -0.05) is 0 Å². The number of hydrogen-bond acceptors (Lipinski definition) is 5. The molecule has 0 bridgehead atoms. The number of carbonyl (C=O) groups is 1. The van der Waals surface area contributed by atoms with E-state index in [9.17, 15) is 4.79 Å². The van der Waals surface area contributed by atoms with Crippen molar-refractivity contribution in [2.75, 3.05) is 20.7 Å². The first-order chi connectivity index (χ1) is 7.13. The molecule has 1 rings (SSSR count). The summed E-state index contributed by atoms with van der Waals surface area (Å²) >= 11 is 0. The summed E-state index contributed by atoms with van der Waals surface area (Å²) in [6.07, 6.45) is 3.06. The van der Waals surface area contributed by atoms with Crippen LogP contribution >= 0.6 is 0 Å². The average molecular weight is 209 g/mol. The van der Waals surface area contributed by atoms with Crippen LogP contribution in [0.4, 0.5) is 0 Å². The third-order valence-electron chi connectivity index (χ3n) is 1.65. The summed E-state index contributed by atoms with van der Waals surface area (Å²) in [7, 11) is 3.86. The lowest BCUT2D eigenvalue weighted by molar-refractivity contribution is 0.0518. The van der Waals surface area contributed by atoms with Crippen molar-refractivity contribution in [2.24, 2.45) is 0 Å². The molecule has 0 atom stereocenters. The Morgan fingerprint density at radius 1 is 1.47 bits per heavy atom. The summed E-state index contributed by atoms with van der Waals surface area (Å²) in [5.74, 6) is -0.425. The summed E-state index contributed by atoms with van der Waals surface area (Å²) < 4.78 is 4.83. The molecule has 0 aliphatic carbocycles. The minimum atomic E-state index is -0.425. The predicted octanol–water partition coefficient (Wildman–Crippen LogP) is 0.715. The van der Waals surface area contributed by atoms with Gasteiger partial charge in [-0.05, 0) is 21.0 Å². The normalized spacial score (nSPS) is 10.4. The number of carbonyl (C=O) groups excluding carboxylic acids is 1. The van der Waals surface area contributed by atoms with Crippen molar-refractivity contribution < 1.29 is 9.53 Å². The van der Waals surface area contributed by atoms with Crippen LogP contribution in [0.1, 0.15) is 23.1 Å². The zero-order valence-corrected chi connectivity index (χ0v) is 9.23. The molecular formula is C10H15N3O2. The van der Waals surface area contributed by atoms with E-state index in [2.05, 4.69) is 9.97 Å². The topological polar surface area (TPSA) is 55.3 Å². The standard InChI is InChI=1S/C10H15N3O2/c1-4-15-10(14)9-6-11-5-8(12-9)7-13(2)3/h5-6H,4,7H2,1-3H3. The van der Waals surface area contributed by atoms with Gasteiger partial charge in [-0.2, -0.15) is 0 Å². The lowest BCUT2D eigenvalue weighted by atomic mass is 10.4. The molecule has 5 heteroatoms. The Kier molecular flexibility index (Phi) is 4.17. The van der Waals surface area contributed by atoms with Gasteiger partial charge in [0.05, 0.1) is 18.5 Å². The van der Waals surface area contributed by atoms with Gasteiger partial charge < -0.3 is 9.64 Å². The quantitative estimate of drug-likeness (QED) is 0.684. The molecule has 1 aromatic rings. The maximum atomic E-state index is 11.3. The number of nitrogens with zero attached hydrogens (tertiary/aromatic N) is 3. The van der Waals surface area contributed by atoms with Crippen LogP contribution in [0.15, 0.2) is 12.4 Å². The highest BCUT2D eigenvalue weighted by Gasteiger charge is 2.09. The molecule has 1 aromatic heterocycles. The Labute approximate surface area is 89.1 Å². The van der Waals surface area contributed by atoms with Crippen LogP contribution in [0.2, 0.25) is 0 Å². The smallest absolute Gasteiger partial charge is 0.358 e. The van der Waals surface area contributed by atoms with Crippen molar-refractivity contribution in [1.82, 2.24) is 14.9 Å². The lowest BCUT2D eigenvalue weighted by Crippen LogP contribution is -2.15. The number of rotatable bonds is 4. The van der Waals surface area contributed by atoms with Gasteiger partial charge in [-0.25, -0.2) is 9.78 Å². The summed E-state index contributed by atoms with van der Waals surface area (Å²) in [6, 6.07) is 0. The van der Waals surface area contributed by atoms with Gasteiger partial charge >= 0.3 is 5.97 Å². The van der Waals surface area contributed by atoms with Crippen LogP contribution in [0.25, 0.3) is 0 Å². The van der Waals surface area contributed by atoms with Gasteiger partial charge in [0.1, 0.15) is 0 Å². The van der Waals surface area contributed by atoms with Crippen molar-refractivity contribution in [1.29, 1.82) is 0 Å². The molecule has 0 unspecified atom stereocenters. The van der Waals surface area contributed by atoms with E-state index in [-0.39, 0.29) is 5.69 Å². The first-order valence-corrected chi connectivity index (χ1v) is 4.76. The average Bonchev–Trinajstić information content (AvgIpc) is 2.17. The molecule has 0 radical (unpaired) electrons. The Balaban J connectivity index is 2.78. The van der Waals surface area contributed by atoms with E-state index in [0.29, 0.717) is 13.2 Å². The van der Waals surface area contributed by atoms with Gasteiger partial charge in [-0.3, -0.25) is 4.98 Å². The maximum absolute atomic E-state index is 11.3. The van der Waals surface area contributed by atoms with E-state index < -0.39 is 5.97 Å².